The van der Waals surface area contributed by atoms with Gasteiger partial charge < -0.3 is 10.6 Å². The molecule has 0 aliphatic rings. The summed E-state index contributed by atoms with van der Waals surface area (Å²) in [7, 11) is 0. The summed E-state index contributed by atoms with van der Waals surface area (Å²) in [5.41, 5.74) is 3.29. The van der Waals surface area contributed by atoms with Crippen molar-refractivity contribution in [3.05, 3.63) is 58.6 Å². The SMILES string of the molecule is CCc1ccccc1NC(=O)CC(=O)Nc1ccc(Cl)cc1C. The number of halogens is 1. The number of hydrogen-bond acceptors (Lipinski definition) is 2. The van der Waals surface area contributed by atoms with Crippen molar-refractivity contribution in [1.82, 2.24) is 0 Å². The monoisotopic (exact) mass is 330 g/mol. The molecule has 5 heteroatoms. The van der Waals surface area contributed by atoms with E-state index in [4.69, 9.17) is 11.6 Å². The second-order valence-electron chi connectivity index (χ2n) is 5.24. The minimum Gasteiger partial charge on any atom is -0.325 e. The topological polar surface area (TPSA) is 58.2 Å². The Balaban J connectivity index is 1.96. The maximum absolute atomic E-state index is 12.0. The lowest BCUT2D eigenvalue weighted by Gasteiger charge is -2.11. The third kappa shape index (κ3) is 4.83. The van der Waals surface area contributed by atoms with Gasteiger partial charge in [-0.05, 0) is 48.7 Å². The van der Waals surface area contributed by atoms with Crippen LogP contribution < -0.4 is 10.6 Å². The highest BCUT2D eigenvalue weighted by Crippen LogP contribution is 2.20. The molecule has 2 N–H and O–H groups in total. The summed E-state index contributed by atoms with van der Waals surface area (Å²) in [5, 5.41) is 6.11. The summed E-state index contributed by atoms with van der Waals surface area (Å²) in [5.74, 6) is -0.697. The molecule has 23 heavy (non-hydrogen) atoms. The summed E-state index contributed by atoms with van der Waals surface area (Å²) in [6, 6.07) is 12.7. The Morgan fingerprint density at radius 1 is 1.00 bits per heavy atom. The highest BCUT2D eigenvalue weighted by Gasteiger charge is 2.12. The number of rotatable bonds is 5. The van der Waals surface area contributed by atoms with Crippen LogP contribution in [0.3, 0.4) is 0 Å². The van der Waals surface area contributed by atoms with E-state index in [0.29, 0.717) is 10.7 Å². The van der Waals surface area contributed by atoms with E-state index in [0.717, 1.165) is 23.2 Å². The molecule has 120 valence electrons. The molecule has 0 bridgehead atoms. The number of carbonyl (C=O) groups excluding carboxylic acids is 2. The van der Waals surface area contributed by atoms with Crippen LogP contribution in [0.2, 0.25) is 5.02 Å². The predicted molar refractivity (Wildman–Crippen MR) is 93.9 cm³/mol. The standard InChI is InChI=1S/C18H19ClN2O2/c1-3-13-6-4-5-7-16(13)21-18(23)11-17(22)20-15-9-8-14(19)10-12(15)2/h4-10H,3,11H2,1-2H3,(H,20,22)(H,21,23). The molecule has 0 atom stereocenters. The molecule has 0 aliphatic heterocycles. The fraction of sp³-hybridized carbons (Fsp3) is 0.222. The predicted octanol–water partition coefficient (Wildman–Crippen LogP) is 4.18. The number of aryl methyl sites for hydroxylation is 2. The normalized spacial score (nSPS) is 10.2. The Kier molecular flexibility index (Phi) is 5.77. The molecule has 0 spiro atoms. The largest absolute Gasteiger partial charge is 0.325 e. The Hall–Kier alpha value is -2.33. The van der Waals surface area contributed by atoms with Crippen molar-refractivity contribution in [2.24, 2.45) is 0 Å². The first kappa shape index (κ1) is 17.0. The molecule has 0 aliphatic carbocycles. The van der Waals surface area contributed by atoms with Gasteiger partial charge in [0.15, 0.2) is 0 Å². The van der Waals surface area contributed by atoms with Gasteiger partial charge in [-0.3, -0.25) is 9.59 Å². The van der Waals surface area contributed by atoms with Gasteiger partial charge in [0.2, 0.25) is 11.8 Å². The lowest BCUT2D eigenvalue weighted by Crippen LogP contribution is -2.22. The molecule has 2 aromatic rings. The summed E-state index contributed by atoms with van der Waals surface area (Å²) >= 11 is 5.88. The zero-order chi connectivity index (χ0) is 16.8. The average molecular weight is 331 g/mol. The molecule has 2 amide bonds. The molecule has 0 aromatic heterocycles. The fourth-order valence-corrected chi connectivity index (χ4v) is 2.48. The van der Waals surface area contributed by atoms with Gasteiger partial charge in [-0.1, -0.05) is 36.7 Å². The van der Waals surface area contributed by atoms with Gasteiger partial charge in [0, 0.05) is 16.4 Å². The molecule has 0 saturated carbocycles. The van der Waals surface area contributed by atoms with Crippen LogP contribution in [0.25, 0.3) is 0 Å². The molecule has 0 fully saturated rings. The van der Waals surface area contributed by atoms with Crippen molar-refractivity contribution >= 4 is 34.8 Å². The third-order valence-electron chi connectivity index (χ3n) is 3.46. The molecule has 0 radical (unpaired) electrons. The van der Waals surface area contributed by atoms with Crippen molar-refractivity contribution < 1.29 is 9.59 Å². The highest BCUT2D eigenvalue weighted by atomic mass is 35.5. The van der Waals surface area contributed by atoms with Crippen LogP contribution in [0.5, 0.6) is 0 Å². The Labute approximate surface area is 140 Å². The van der Waals surface area contributed by atoms with Crippen LogP contribution in [0, 0.1) is 6.92 Å². The van der Waals surface area contributed by atoms with E-state index in [2.05, 4.69) is 10.6 Å². The van der Waals surface area contributed by atoms with E-state index >= 15 is 0 Å². The summed E-state index contributed by atoms with van der Waals surface area (Å²) in [4.78, 5) is 24.0. The van der Waals surface area contributed by atoms with Gasteiger partial charge in [-0.15, -0.1) is 0 Å². The number of hydrogen-bond donors (Lipinski definition) is 2. The van der Waals surface area contributed by atoms with E-state index in [-0.39, 0.29) is 18.2 Å². The highest BCUT2D eigenvalue weighted by molar-refractivity contribution is 6.30. The van der Waals surface area contributed by atoms with Crippen LogP contribution in [0.4, 0.5) is 11.4 Å². The number of amides is 2. The number of benzene rings is 2. The van der Waals surface area contributed by atoms with Crippen molar-refractivity contribution in [2.45, 2.75) is 26.7 Å². The van der Waals surface area contributed by atoms with E-state index in [1.54, 1.807) is 18.2 Å². The lowest BCUT2D eigenvalue weighted by molar-refractivity contribution is -0.123. The van der Waals surface area contributed by atoms with Crippen molar-refractivity contribution in [3.63, 3.8) is 0 Å². The fourth-order valence-electron chi connectivity index (χ4n) is 2.25. The zero-order valence-corrected chi connectivity index (χ0v) is 13.9. The zero-order valence-electron chi connectivity index (χ0n) is 13.2. The maximum atomic E-state index is 12.0. The first-order valence-corrected chi connectivity index (χ1v) is 7.81. The van der Waals surface area contributed by atoms with E-state index in [9.17, 15) is 9.59 Å². The van der Waals surface area contributed by atoms with Crippen LogP contribution >= 0.6 is 11.6 Å². The van der Waals surface area contributed by atoms with Crippen molar-refractivity contribution in [1.29, 1.82) is 0 Å². The number of para-hydroxylation sites is 1. The maximum Gasteiger partial charge on any atom is 0.233 e. The van der Waals surface area contributed by atoms with Crippen LogP contribution in [0.15, 0.2) is 42.5 Å². The van der Waals surface area contributed by atoms with E-state index in [1.807, 2.05) is 38.1 Å². The van der Waals surface area contributed by atoms with Gasteiger partial charge >= 0.3 is 0 Å². The molecule has 2 aromatic carbocycles. The van der Waals surface area contributed by atoms with Gasteiger partial charge in [0.1, 0.15) is 6.42 Å². The molecule has 4 nitrogen and oxygen atoms in total. The smallest absolute Gasteiger partial charge is 0.233 e. The number of anilines is 2. The van der Waals surface area contributed by atoms with Crippen LogP contribution in [0.1, 0.15) is 24.5 Å². The summed E-state index contributed by atoms with van der Waals surface area (Å²) in [6.07, 6.45) is 0.576. The average Bonchev–Trinajstić information content (AvgIpc) is 2.50. The summed E-state index contributed by atoms with van der Waals surface area (Å²) < 4.78 is 0. The number of carbonyl (C=O) groups is 2. The van der Waals surface area contributed by atoms with Gasteiger partial charge in [0.05, 0.1) is 0 Å². The van der Waals surface area contributed by atoms with E-state index in [1.165, 1.54) is 0 Å². The van der Waals surface area contributed by atoms with E-state index < -0.39 is 0 Å². The Bertz CT molecular complexity index is 729. The minimum atomic E-state index is -0.359. The second-order valence-corrected chi connectivity index (χ2v) is 5.68. The molecular weight excluding hydrogens is 312 g/mol. The molecule has 0 unspecified atom stereocenters. The lowest BCUT2D eigenvalue weighted by atomic mass is 10.1. The van der Waals surface area contributed by atoms with Gasteiger partial charge in [0.25, 0.3) is 0 Å². The molecular formula is C18H19ClN2O2. The first-order valence-electron chi connectivity index (χ1n) is 7.43. The van der Waals surface area contributed by atoms with Crippen LogP contribution in [-0.4, -0.2) is 11.8 Å². The van der Waals surface area contributed by atoms with Gasteiger partial charge in [-0.2, -0.15) is 0 Å². The van der Waals surface area contributed by atoms with Crippen LogP contribution in [-0.2, 0) is 16.0 Å². The van der Waals surface area contributed by atoms with Crippen molar-refractivity contribution in [2.75, 3.05) is 10.6 Å². The molecule has 0 heterocycles. The Morgan fingerprint density at radius 2 is 1.65 bits per heavy atom. The van der Waals surface area contributed by atoms with Crippen molar-refractivity contribution in [3.8, 4) is 0 Å². The minimum absolute atomic E-state index is 0.236. The Morgan fingerprint density at radius 3 is 2.30 bits per heavy atom. The quantitative estimate of drug-likeness (QED) is 0.808. The molecule has 2 rings (SSSR count). The van der Waals surface area contributed by atoms with Gasteiger partial charge in [-0.25, -0.2) is 0 Å². The number of nitrogens with one attached hydrogen (secondary N) is 2. The summed E-state index contributed by atoms with van der Waals surface area (Å²) in [6.45, 7) is 3.86. The first-order chi connectivity index (χ1) is 11.0. The molecule has 0 saturated heterocycles. The third-order valence-corrected chi connectivity index (χ3v) is 3.69. The second kappa shape index (κ2) is 7.79.